The van der Waals surface area contributed by atoms with Gasteiger partial charge < -0.3 is 15.2 Å². The van der Waals surface area contributed by atoms with Crippen molar-refractivity contribution < 1.29 is 19.4 Å². The van der Waals surface area contributed by atoms with Crippen LogP contribution in [0.4, 0.5) is 4.79 Å². The van der Waals surface area contributed by atoms with Crippen molar-refractivity contribution in [1.29, 1.82) is 0 Å². The molecule has 0 radical (unpaired) electrons. The monoisotopic (exact) mass is 316 g/mol. The SMILES string of the molecule is CCCC1SCC(C(=O)O)N1C(=O)NC1CC(OCC)C1. The van der Waals surface area contributed by atoms with E-state index in [-0.39, 0.29) is 23.6 Å². The van der Waals surface area contributed by atoms with Crippen molar-refractivity contribution >= 4 is 23.8 Å². The quantitative estimate of drug-likeness (QED) is 0.782. The van der Waals surface area contributed by atoms with Crippen molar-refractivity contribution in [2.75, 3.05) is 12.4 Å². The normalized spacial score (nSPS) is 31.8. The zero-order chi connectivity index (χ0) is 15.4. The lowest BCUT2D eigenvalue weighted by Gasteiger charge is -2.37. The summed E-state index contributed by atoms with van der Waals surface area (Å²) in [7, 11) is 0. The molecule has 120 valence electrons. The van der Waals surface area contributed by atoms with Gasteiger partial charge in [0, 0.05) is 18.4 Å². The van der Waals surface area contributed by atoms with Gasteiger partial charge in [0.25, 0.3) is 0 Å². The number of hydrogen-bond acceptors (Lipinski definition) is 4. The lowest BCUT2D eigenvalue weighted by atomic mass is 9.89. The molecule has 2 unspecified atom stereocenters. The van der Waals surface area contributed by atoms with Gasteiger partial charge in [-0.1, -0.05) is 13.3 Å². The molecule has 21 heavy (non-hydrogen) atoms. The molecule has 2 atom stereocenters. The van der Waals surface area contributed by atoms with Crippen molar-refractivity contribution in [2.45, 2.75) is 63.1 Å². The smallest absolute Gasteiger partial charge is 0.327 e. The van der Waals surface area contributed by atoms with Crippen LogP contribution < -0.4 is 5.32 Å². The number of nitrogens with one attached hydrogen (secondary N) is 1. The molecule has 0 aromatic carbocycles. The van der Waals surface area contributed by atoms with E-state index in [1.807, 2.05) is 13.8 Å². The highest BCUT2D eigenvalue weighted by Crippen LogP contribution is 2.33. The van der Waals surface area contributed by atoms with Gasteiger partial charge in [-0.25, -0.2) is 9.59 Å². The Labute approximate surface area is 129 Å². The first-order valence-electron chi connectivity index (χ1n) is 7.61. The molecule has 0 aromatic heterocycles. The van der Waals surface area contributed by atoms with Crippen molar-refractivity contribution in [1.82, 2.24) is 10.2 Å². The third kappa shape index (κ3) is 3.83. The van der Waals surface area contributed by atoms with Crippen LogP contribution in [0.25, 0.3) is 0 Å². The second kappa shape index (κ2) is 7.35. The maximum atomic E-state index is 12.4. The van der Waals surface area contributed by atoms with E-state index in [0.717, 1.165) is 25.7 Å². The van der Waals surface area contributed by atoms with E-state index >= 15 is 0 Å². The van der Waals surface area contributed by atoms with Crippen LogP contribution in [0.2, 0.25) is 0 Å². The summed E-state index contributed by atoms with van der Waals surface area (Å²) in [5.74, 6) is -0.448. The van der Waals surface area contributed by atoms with E-state index in [1.165, 1.54) is 4.90 Å². The second-order valence-corrected chi connectivity index (χ2v) is 6.74. The summed E-state index contributed by atoms with van der Waals surface area (Å²) in [6.45, 7) is 4.69. The molecule has 2 aliphatic rings. The van der Waals surface area contributed by atoms with Gasteiger partial charge in [0.2, 0.25) is 0 Å². The summed E-state index contributed by atoms with van der Waals surface area (Å²) < 4.78 is 5.47. The van der Waals surface area contributed by atoms with Crippen molar-refractivity contribution in [3.05, 3.63) is 0 Å². The first-order chi connectivity index (χ1) is 10.1. The van der Waals surface area contributed by atoms with Gasteiger partial charge in [0.1, 0.15) is 6.04 Å². The standard InChI is InChI=1S/C14H24N2O4S/c1-3-5-12-16(11(8-21-12)13(17)18)14(19)15-9-6-10(7-9)20-4-2/h9-12H,3-8H2,1-2H3,(H,15,19)(H,17,18). The Morgan fingerprint density at radius 3 is 2.67 bits per heavy atom. The highest BCUT2D eigenvalue weighted by Gasteiger charge is 2.42. The molecular formula is C14H24N2O4S. The summed E-state index contributed by atoms with van der Waals surface area (Å²) in [6.07, 6.45) is 3.63. The van der Waals surface area contributed by atoms with E-state index in [4.69, 9.17) is 4.74 Å². The molecular weight excluding hydrogens is 292 g/mol. The lowest BCUT2D eigenvalue weighted by Crippen LogP contribution is -2.56. The second-order valence-electron chi connectivity index (χ2n) is 5.53. The van der Waals surface area contributed by atoms with Crippen LogP contribution in [-0.4, -0.2) is 57.9 Å². The number of nitrogens with zero attached hydrogens (tertiary/aromatic N) is 1. The van der Waals surface area contributed by atoms with Crippen LogP contribution in [0, 0.1) is 0 Å². The third-order valence-electron chi connectivity index (χ3n) is 3.97. The number of carboxylic acid groups (broad SMARTS) is 1. The predicted octanol–water partition coefficient (Wildman–Crippen LogP) is 1.89. The van der Waals surface area contributed by atoms with Crippen LogP contribution in [0.3, 0.4) is 0 Å². The molecule has 6 nitrogen and oxygen atoms in total. The summed E-state index contributed by atoms with van der Waals surface area (Å²) in [6, 6.07) is -0.850. The molecule has 0 aromatic rings. The number of rotatable bonds is 6. The average Bonchev–Trinajstić information content (AvgIpc) is 2.80. The van der Waals surface area contributed by atoms with E-state index in [0.29, 0.717) is 12.4 Å². The summed E-state index contributed by atoms with van der Waals surface area (Å²) in [5, 5.41) is 12.2. The fourth-order valence-electron chi connectivity index (χ4n) is 2.80. The van der Waals surface area contributed by atoms with Crippen molar-refractivity contribution in [3.8, 4) is 0 Å². The summed E-state index contributed by atoms with van der Waals surface area (Å²) in [4.78, 5) is 25.2. The molecule has 1 aliphatic carbocycles. The van der Waals surface area contributed by atoms with Gasteiger partial charge in [-0.05, 0) is 26.2 Å². The number of hydrogen-bond donors (Lipinski definition) is 2. The molecule has 1 aliphatic heterocycles. The number of thioether (sulfide) groups is 1. The highest BCUT2D eigenvalue weighted by atomic mass is 32.2. The Kier molecular flexibility index (Phi) is 5.75. The molecule has 1 saturated carbocycles. The molecule has 2 N–H and O–H groups in total. The van der Waals surface area contributed by atoms with E-state index in [9.17, 15) is 14.7 Å². The van der Waals surface area contributed by atoms with Gasteiger partial charge in [0.05, 0.1) is 11.5 Å². The summed E-state index contributed by atoms with van der Waals surface area (Å²) in [5.41, 5.74) is 0. The molecule has 2 amide bonds. The Morgan fingerprint density at radius 2 is 2.10 bits per heavy atom. The molecule has 0 spiro atoms. The molecule has 1 heterocycles. The first-order valence-corrected chi connectivity index (χ1v) is 8.66. The molecule has 2 fully saturated rings. The lowest BCUT2D eigenvalue weighted by molar-refractivity contribution is -0.141. The van der Waals surface area contributed by atoms with Crippen molar-refractivity contribution in [2.24, 2.45) is 0 Å². The number of urea groups is 1. The minimum atomic E-state index is -0.919. The maximum absolute atomic E-state index is 12.4. The van der Waals surface area contributed by atoms with Crippen LogP contribution in [0.1, 0.15) is 39.5 Å². The number of amides is 2. The number of aliphatic carboxylic acids is 1. The van der Waals surface area contributed by atoms with Crippen LogP contribution >= 0.6 is 11.8 Å². The van der Waals surface area contributed by atoms with E-state index in [1.54, 1.807) is 11.8 Å². The van der Waals surface area contributed by atoms with Gasteiger partial charge in [-0.15, -0.1) is 11.8 Å². The first kappa shape index (κ1) is 16.4. The number of carbonyl (C=O) groups excluding carboxylic acids is 1. The van der Waals surface area contributed by atoms with Crippen LogP contribution in [0.5, 0.6) is 0 Å². The van der Waals surface area contributed by atoms with E-state index in [2.05, 4.69) is 5.32 Å². The van der Waals surface area contributed by atoms with Gasteiger partial charge >= 0.3 is 12.0 Å². The fraction of sp³-hybridized carbons (Fsp3) is 0.857. The number of carboxylic acids is 1. The average molecular weight is 316 g/mol. The Morgan fingerprint density at radius 1 is 1.38 bits per heavy atom. The topological polar surface area (TPSA) is 78.9 Å². The van der Waals surface area contributed by atoms with E-state index < -0.39 is 12.0 Å². The minimum absolute atomic E-state index is 0.0288. The molecule has 7 heteroatoms. The highest BCUT2D eigenvalue weighted by molar-refractivity contribution is 8.00. The fourth-order valence-corrected chi connectivity index (χ4v) is 4.31. The molecule has 0 bridgehead atoms. The van der Waals surface area contributed by atoms with Crippen LogP contribution in [-0.2, 0) is 9.53 Å². The Balaban J connectivity index is 1.90. The van der Waals surface area contributed by atoms with Gasteiger partial charge in [-0.2, -0.15) is 0 Å². The zero-order valence-electron chi connectivity index (χ0n) is 12.6. The molecule has 1 saturated heterocycles. The van der Waals surface area contributed by atoms with Gasteiger partial charge in [-0.3, -0.25) is 4.90 Å². The number of ether oxygens (including phenoxy) is 1. The van der Waals surface area contributed by atoms with Crippen LogP contribution in [0.15, 0.2) is 0 Å². The predicted molar refractivity (Wildman–Crippen MR) is 81.4 cm³/mol. The molecule has 2 rings (SSSR count). The van der Waals surface area contributed by atoms with Crippen molar-refractivity contribution in [3.63, 3.8) is 0 Å². The number of carbonyl (C=O) groups is 2. The van der Waals surface area contributed by atoms with Gasteiger partial charge in [0.15, 0.2) is 0 Å². The minimum Gasteiger partial charge on any atom is -0.480 e. The third-order valence-corrected chi connectivity index (χ3v) is 5.33. The maximum Gasteiger partial charge on any atom is 0.327 e. The zero-order valence-corrected chi connectivity index (χ0v) is 13.4. The Hall–Kier alpha value is -0.950. The Bertz CT molecular complexity index is 387. The summed E-state index contributed by atoms with van der Waals surface area (Å²) >= 11 is 1.56. The largest absolute Gasteiger partial charge is 0.480 e.